The SMILES string of the molecule is Cc1cc(C(F)(F)F)nc2[nH]nc(NC(=O)C3CC(c4cccc(Br)c4)=NO3)c12. The monoisotopic (exact) mass is 467 g/mol. The van der Waals surface area contributed by atoms with Crippen molar-refractivity contribution in [1.82, 2.24) is 15.2 Å². The number of nitrogens with one attached hydrogen (secondary N) is 2. The fraction of sp³-hybridized carbons (Fsp3) is 0.222. The molecule has 0 aliphatic carbocycles. The van der Waals surface area contributed by atoms with Crippen molar-refractivity contribution >= 4 is 44.4 Å². The third-order valence-electron chi connectivity index (χ3n) is 4.38. The number of carbonyl (C=O) groups is 1. The van der Waals surface area contributed by atoms with E-state index >= 15 is 0 Å². The maximum atomic E-state index is 12.9. The Kier molecular flexibility index (Phi) is 4.77. The first-order chi connectivity index (χ1) is 13.7. The number of amides is 1. The first-order valence-corrected chi connectivity index (χ1v) is 9.24. The molecule has 0 radical (unpaired) electrons. The van der Waals surface area contributed by atoms with Crippen molar-refractivity contribution in [3.63, 3.8) is 0 Å². The number of benzene rings is 1. The Balaban J connectivity index is 1.52. The van der Waals surface area contributed by atoms with E-state index in [4.69, 9.17) is 4.84 Å². The molecule has 4 rings (SSSR count). The number of pyridine rings is 1. The van der Waals surface area contributed by atoms with Crippen molar-refractivity contribution in [1.29, 1.82) is 0 Å². The maximum Gasteiger partial charge on any atom is 0.433 e. The lowest BCUT2D eigenvalue weighted by Gasteiger charge is -2.09. The summed E-state index contributed by atoms with van der Waals surface area (Å²) in [6.07, 6.45) is -5.20. The van der Waals surface area contributed by atoms with Crippen LogP contribution in [0.15, 0.2) is 40.0 Å². The average molecular weight is 468 g/mol. The van der Waals surface area contributed by atoms with Crippen LogP contribution in [0.4, 0.5) is 19.0 Å². The Bertz CT molecular complexity index is 1140. The lowest BCUT2D eigenvalue weighted by molar-refractivity contribution is -0.141. The van der Waals surface area contributed by atoms with Crippen molar-refractivity contribution < 1.29 is 22.8 Å². The number of carbonyl (C=O) groups excluding carboxylic acids is 1. The van der Waals surface area contributed by atoms with E-state index in [0.717, 1.165) is 16.1 Å². The van der Waals surface area contributed by atoms with Gasteiger partial charge < -0.3 is 10.2 Å². The molecule has 0 saturated carbocycles. The summed E-state index contributed by atoms with van der Waals surface area (Å²) in [7, 11) is 0. The zero-order valence-corrected chi connectivity index (χ0v) is 16.4. The number of anilines is 1. The van der Waals surface area contributed by atoms with Crippen LogP contribution in [-0.4, -0.2) is 32.9 Å². The number of H-pyrrole nitrogens is 1. The van der Waals surface area contributed by atoms with Crippen LogP contribution in [0.5, 0.6) is 0 Å². The van der Waals surface area contributed by atoms with Gasteiger partial charge in [-0.2, -0.15) is 18.3 Å². The summed E-state index contributed by atoms with van der Waals surface area (Å²) in [5.41, 5.74) is 0.622. The lowest BCUT2D eigenvalue weighted by atomic mass is 10.0. The molecule has 0 bridgehead atoms. The third kappa shape index (κ3) is 3.82. The number of hydrogen-bond acceptors (Lipinski definition) is 5. The van der Waals surface area contributed by atoms with Crippen LogP contribution in [0.1, 0.15) is 23.2 Å². The first kappa shape index (κ1) is 19.4. The predicted molar refractivity (Wildman–Crippen MR) is 102 cm³/mol. The van der Waals surface area contributed by atoms with Crippen LogP contribution < -0.4 is 5.32 Å². The molecule has 3 aromatic rings. The van der Waals surface area contributed by atoms with Gasteiger partial charge in [0.2, 0.25) is 6.10 Å². The summed E-state index contributed by atoms with van der Waals surface area (Å²) in [5.74, 6) is -0.422. The molecule has 0 spiro atoms. The number of alkyl halides is 3. The highest BCUT2D eigenvalue weighted by molar-refractivity contribution is 9.10. The van der Waals surface area contributed by atoms with Crippen LogP contribution in [-0.2, 0) is 15.8 Å². The number of halogens is 4. The standard InChI is InChI=1S/C18H13BrF3N5O2/c1-8-5-13(18(20,21)22)23-15-14(8)16(26-25-15)24-17(28)12-7-11(27-29-12)9-3-2-4-10(19)6-9/h2-6,12H,7H2,1H3,(H2,23,24,25,26,28). The van der Waals surface area contributed by atoms with E-state index in [1.54, 1.807) is 0 Å². The Labute approximate surface area is 170 Å². The fourth-order valence-electron chi connectivity index (χ4n) is 3.01. The van der Waals surface area contributed by atoms with Crippen LogP contribution in [0.25, 0.3) is 11.0 Å². The van der Waals surface area contributed by atoms with E-state index in [-0.39, 0.29) is 23.4 Å². The number of fused-ring (bicyclic) bond motifs is 1. The van der Waals surface area contributed by atoms with Gasteiger partial charge in [-0.15, -0.1) is 0 Å². The molecule has 1 aliphatic heterocycles. The number of aromatic amines is 1. The van der Waals surface area contributed by atoms with Crippen molar-refractivity contribution in [3.8, 4) is 0 Å². The molecule has 1 aliphatic rings. The van der Waals surface area contributed by atoms with Crippen LogP contribution in [0.2, 0.25) is 0 Å². The highest BCUT2D eigenvalue weighted by Gasteiger charge is 2.34. The van der Waals surface area contributed by atoms with Gasteiger partial charge in [-0.1, -0.05) is 33.2 Å². The van der Waals surface area contributed by atoms with Gasteiger partial charge in [0.15, 0.2) is 11.5 Å². The number of oxime groups is 1. The van der Waals surface area contributed by atoms with E-state index in [2.05, 4.69) is 41.6 Å². The largest absolute Gasteiger partial charge is 0.433 e. The van der Waals surface area contributed by atoms with Crippen LogP contribution in [0, 0.1) is 6.92 Å². The predicted octanol–water partition coefficient (Wildman–Crippen LogP) is 4.18. The Morgan fingerprint density at radius 2 is 2.14 bits per heavy atom. The number of hydrogen-bond donors (Lipinski definition) is 2. The zero-order valence-electron chi connectivity index (χ0n) is 14.8. The molecule has 1 amide bonds. The second-order valence-electron chi connectivity index (χ2n) is 6.45. The van der Waals surface area contributed by atoms with Crippen LogP contribution >= 0.6 is 15.9 Å². The molecule has 29 heavy (non-hydrogen) atoms. The summed E-state index contributed by atoms with van der Waals surface area (Å²) >= 11 is 3.38. The quantitative estimate of drug-likeness (QED) is 0.604. The molecule has 1 aromatic carbocycles. The van der Waals surface area contributed by atoms with E-state index in [1.807, 2.05) is 24.3 Å². The maximum absolute atomic E-state index is 12.9. The average Bonchev–Trinajstić information content (AvgIpc) is 3.29. The van der Waals surface area contributed by atoms with Crippen molar-refractivity contribution in [2.75, 3.05) is 5.32 Å². The van der Waals surface area contributed by atoms with E-state index in [1.165, 1.54) is 6.92 Å². The molecule has 1 unspecified atom stereocenters. The summed E-state index contributed by atoms with van der Waals surface area (Å²) in [6, 6.07) is 8.33. The number of nitrogens with zero attached hydrogens (tertiary/aromatic N) is 3. The van der Waals surface area contributed by atoms with Crippen molar-refractivity contribution in [3.05, 3.63) is 51.6 Å². The summed E-state index contributed by atoms with van der Waals surface area (Å²) in [5, 5.41) is 13.2. The highest BCUT2D eigenvalue weighted by atomic mass is 79.9. The Morgan fingerprint density at radius 1 is 1.34 bits per heavy atom. The molecule has 0 fully saturated rings. The van der Waals surface area contributed by atoms with Gasteiger partial charge >= 0.3 is 6.18 Å². The van der Waals surface area contributed by atoms with Gasteiger partial charge in [0.25, 0.3) is 5.91 Å². The first-order valence-electron chi connectivity index (χ1n) is 8.45. The van der Waals surface area contributed by atoms with Gasteiger partial charge in [-0.05, 0) is 30.7 Å². The molecular formula is C18H13BrF3N5O2. The summed E-state index contributed by atoms with van der Waals surface area (Å²) in [6.45, 7) is 1.49. The Hall–Kier alpha value is -2.95. The number of aryl methyl sites for hydroxylation is 1. The van der Waals surface area contributed by atoms with E-state index < -0.39 is 23.9 Å². The normalized spacial score (nSPS) is 16.6. The van der Waals surface area contributed by atoms with E-state index in [0.29, 0.717) is 11.1 Å². The van der Waals surface area contributed by atoms with Gasteiger partial charge in [0.05, 0.1) is 11.1 Å². The molecule has 1 atom stereocenters. The smallest absolute Gasteiger partial charge is 0.382 e. The molecule has 7 nitrogen and oxygen atoms in total. The second-order valence-corrected chi connectivity index (χ2v) is 7.37. The number of aromatic nitrogens is 3. The highest BCUT2D eigenvalue weighted by Crippen LogP contribution is 2.32. The fourth-order valence-corrected chi connectivity index (χ4v) is 3.41. The number of rotatable bonds is 3. The topological polar surface area (TPSA) is 92.3 Å². The molecule has 3 heterocycles. The lowest BCUT2D eigenvalue weighted by Crippen LogP contribution is -2.28. The molecule has 0 saturated heterocycles. The molecule has 2 N–H and O–H groups in total. The molecule has 150 valence electrons. The summed E-state index contributed by atoms with van der Waals surface area (Å²) in [4.78, 5) is 21.3. The minimum Gasteiger partial charge on any atom is -0.382 e. The van der Waals surface area contributed by atoms with Crippen molar-refractivity contribution in [2.45, 2.75) is 25.6 Å². The molecule has 2 aromatic heterocycles. The molecule has 11 heteroatoms. The second kappa shape index (κ2) is 7.14. The van der Waals surface area contributed by atoms with Gasteiger partial charge in [0.1, 0.15) is 5.69 Å². The molecular weight excluding hydrogens is 455 g/mol. The van der Waals surface area contributed by atoms with Crippen LogP contribution in [0.3, 0.4) is 0 Å². The Morgan fingerprint density at radius 3 is 2.86 bits per heavy atom. The van der Waals surface area contributed by atoms with Gasteiger partial charge in [-0.3, -0.25) is 9.89 Å². The minimum atomic E-state index is -4.58. The van der Waals surface area contributed by atoms with Gasteiger partial charge in [0, 0.05) is 16.5 Å². The van der Waals surface area contributed by atoms with Crippen molar-refractivity contribution in [2.24, 2.45) is 5.16 Å². The minimum absolute atomic E-state index is 0.0639. The zero-order chi connectivity index (χ0) is 20.8. The van der Waals surface area contributed by atoms with Gasteiger partial charge in [-0.25, -0.2) is 4.98 Å². The van der Waals surface area contributed by atoms with E-state index in [9.17, 15) is 18.0 Å². The summed E-state index contributed by atoms with van der Waals surface area (Å²) < 4.78 is 39.6. The third-order valence-corrected chi connectivity index (χ3v) is 4.87.